The number of aliphatic hydroxyl groups excluding tert-OH is 1. The standard InChI is InChI=1S/C7H15NO3/c1-8(2,3)5-6(9)4-7(10)11/h6,9H,4-5H2,1-3H3/p+1/t6-/m1/s1/i4D2,5D2,9D. The fourth-order valence-corrected chi connectivity index (χ4v) is 0.496. The molecule has 66 valence electrons. The Labute approximate surface area is 73.8 Å². The summed E-state index contributed by atoms with van der Waals surface area (Å²) >= 11 is 0. The monoisotopic (exact) mass is 167 g/mol. The van der Waals surface area contributed by atoms with Crippen molar-refractivity contribution in [3.63, 3.8) is 0 Å². The number of likely N-dealkylation sites (N-methyl/N-ethyl adjacent to an activating group) is 1. The number of rotatable bonds is 5. The lowest BCUT2D eigenvalue weighted by molar-refractivity contribution is -0.873. The summed E-state index contributed by atoms with van der Waals surface area (Å²) in [4.78, 5) is 10.7. The number of carboxylic acid groups (broad SMARTS) is 1. The maximum atomic E-state index is 10.7. The van der Waals surface area contributed by atoms with Crippen LogP contribution in [0.1, 0.15) is 11.9 Å². The summed E-state index contributed by atoms with van der Waals surface area (Å²) < 4.78 is 36.1. The first-order valence-electron chi connectivity index (χ1n) is 5.46. The fraction of sp³-hybridized carbons (Fsp3) is 0.857. The molecule has 0 fully saturated rings. The van der Waals surface area contributed by atoms with E-state index in [-0.39, 0.29) is 4.48 Å². The van der Waals surface area contributed by atoms with Gasteiger partial charge in [-0.25, -0.2) is 0 Å². The van der Waals surface area contributed by atoms with Gasteiger partial charge in [0.2, 0.25) is 1.43 Å². The van der Waals surface area contributed by atoms with Crippen LogP contribution in [0.25, 0.3) is 0 Å². The minimum absolute atomic E-state index is 0.386. The Bertz CT molecular complexity index is 276. The fourth-order valence-electron chi connectivity index (χ4n) is 0.496. The Balaban J connectivity index is 5.39. The van der Waals surface area contributed by atoms with E-state index < -0.39 is 24.9 Å². The number of hydrogen-bond donors (Lipinski definition) is 2. The van der Waals surface area contributed by atoms with E-state index in [1.807, 2.05) is 0 Å². The number of quaternary nitrogens is 1. The highest BCUT2D eigenvalue weighted by molar-refractivity contribution is 5.67. The summed E-state index contributed by atoms with van der Waals surface area (Å²) in [6.07, 6.45) is -5.01. The maximum Gasteiger partial charge on any atom is 0.306 e. The highest BCUT2D eigenvalue weighted by Crippen LogP contribution is 1.98. The third-order valence-electron chi connectivity index (χ3n) is 0.759. The first-order valence-corrected chi connectivity index (χ1v) is 3.06. The van der Waals surface area contributed by atoms with E-state index in [0.29, 0.717) is 0 Å². The molecule has 0 aromatic rings. The van der Waals surface area contributed by atoms with Gasteiger partial charge >= 0.3 is 5.97 Å². The Morgan fingerprint density at radius 1 is 1.73 bits per heavy atom. The van der Waals surface area contributed by atoms with E-state index in [0.717, 1.165) is 0 Å². The summed E-state index contributed by atoms with van der Waals surface area (Å²) in [6, 6.07) is 0. The largest absolute Gasteiger partial charge is 0.481 e. The van der Waals surface area contributed by atoms with Crippen molar-refractivity contribution in [1.29, 1.82) is 1.43 Å². The van der Waals surface area contributed by atoms with Gasteiger partial charge in [-0.05, 0) is 0 Å². The smallest absolute Gasteiger partial charge is 0.306 e. The molecule has 2 N–H and O–H groups in total. The molecule has 0 heterocycles. The molecule has 0 aliphatic rings. The van der Waals surface area contributed by atoms with Crippen LogP contribution in [0.2, 0.25) is 0 Å². The molecule has 0 aliphatic heterocycles. The van der Waals surface area contributed by atoms with Gasteiger partial charge in [0, 0.05) is 2.74 Å². The normalized spacial score (nSPS) is 23.7. The molecule has 0 aromatic heterocycles. The van der Waals surface area contributed by atoms with Crippen molar-refractivity contribution >= 4 is 5.97 Å². The SMILES string of the molecule is [2H]O[C@H](C([2H])([2H])C(=O)O)C([2H])([2H])[N+](C)(C)C. The zero-order valence-corrected chi connectivity index (χ0v) is 6.79. The van der Waals surface area contributed by atoms with E-state index >= 15 is 0 Å². The number of aliphatic carboxylic acids is 1. The van der Waals surface area contributed by atoms with E-state index in [9.17, 15) is 4.79 Å². The quantitative estimate of drug-likeness (QED) is 0.544. The average molecular weight is 167 g/mol. The van der Waals surface area contributed by atoms with Crippen LogP contribution < -0.4 is 0 Å². The lowest BCUT2D eigenvalue weighted by Crippen LogP contribution is -2.42. The summed E-state index contributed by atoms with van der Waals surface area (Å²) in [5, 5.41) is 12.6. The second-order valence-corrected chi connectivity index (χ2v) is 2.97. The molecule has 0 spiro atoms. The van der Waals surface area contributed by atoms with Crippen LogP contribution >= 0.6 is 0 Å². The van der Waals surface area contributed by atoms with Gasteiger partial charge < -0.3 is 14.7 Å². The molecular formula is C7H16NO3+. The summed E-state index contributed by atoms with van der Waals surface area (Å²) in [5.74, 6) is -1.86. The minimum Gasteiger partial charge on any atom is -0.481 e. The average Bonchev–Trinajstić information content (AvgIpc) is 2.01. The minimum atomic E-state index is -2.98. The first kappa shape index (κ1) is 4.42. The summed E-state index contributed by atoms with van der Waals surface area (Å²) in [6.45, 7) is -2.36. The first-order chi connectivity index (χ1) is 6.89. The van der Waals surface area contributed by atoms with Crippen LogP contribution in [-0.2, 0) is 4.79 Å². The van der Waals surface area contributed by atoms with Crippen LogP contribution in [-0.4, -0.2) is 55.8 Å². The van der Waals surface area contributed by atoms with Crippen LogP contribution in [0.4, 0.5) is 0 Å². The molecule has 4 nitrogen and oxygen atoms in total. The molecule has 0 bridgehead atoms. The molecule has 0 radical (unpaired) electrons. The van der Waals surface area contributed by atoms with Gasteiger partial charge in [-0.2, -0.15) is 0 Å². The zero-order valence-electron chi connectivity index (χ0n) is 11.8. The molecular weight excluding hydrogens is 146 g/mol. The predicted molar refractivity (Wildman–Crippen MR) is 41.2 cm³/mol. The van der Waals surface area contributed by atoms with Gasteiger partial charge in [0.1, 0.15) is 12.6 Å². The molecule has 11 heavy (non-hydrogen) atoms. The maximum absolute atomic E-state index is 10.7. The van der Waals surface area contributed by atoms with Crippen molar-refractivity contribution in [2.45, 2.75) is 12.5 Å². The molecule has 0 aromatic carbocycles. The molecule has 4 heteroatoms. The third-order valence-corrected chi connectivity index (χ3v) is 0.759. The van der Waals surface area contributed by atoms with Gasteiger partial charge in [-0.15, -0.1) is 0 Å². The van der Waals surface area contributed by atoms with Crippen LogP contribution in [0.5, 0.6) is 0 Å². The van der Waals surface area contributed by atoms with Crippen molar-refractivity contribution < 1.29 is 25.0 Å². The molecule has 0 rings (SSSR count). The molecule has 1 atom stereocenters. The number of carbonyl (C=O) groups is 1. The Morgan fingerprint density at radius 2 is 2.27 bits per heavy atom. The number of carboxylic acids is 1. The number of nitrogens with zero attached hydrogens (tertiary/aromatic N) is 1. The Kier molecular flexibility index (Phi) is 1.48. The van der Waals surface area contributed by atoms with Gasteiger partial charge in [-0.1, -0.05) is 0 Å². The van der Waals surface area contributed by atoms with Crippen molar-refractivity contribution in [3.8, 4) is 0 Å². The van der Waals surface area contributed by atoms with Crippen molar-refractivity contribution in [1.82, 2.24) is 0 Å². The lowest BCUT2D eigenvalue weighted by Gasteiger charge is -2.25. The van der Waals surface area contributed by atoms with Gasteiger partial charge in [0.25, 0.3) is 0 Å². The van der Waals surface area contributed by atoms with E-state index in [1.165, 1.54) is 21.1 Å². The Hall–Kier alpha value is -0.610. The highest BCUT2D eigenvalue weighted by Gasteiger charge is 2.17. The summed E-state index contributed by atoms with van der Waals surface area (Å²) in [7, 11) is 4.26. The molecule has 0 unspecified atom stereocenters. The van der Waals surface area contributed by atoms with Gasteiger partial charge in [0.15, 0.2) is 0 Å². The second kappa shape index (κ2) is 3.69. The molecule has 0 saturated carbocycles. The predicted octanol–water partition coefficient (Wildman–Crippen LogP) is -0.472. The van der Waals surface area contributed by atoms with Crippen molar-refractivity contribution in [2.24, 2.45) is 0 Å². The Morgan fingerprint density at radius 3 is 2.55 bits per heavy atom. The molecule has 0 aliphatic carbocycles. The lowest BCUT2D eigenvalue weighted by atomic mass is 10.2. The van der Waals surface area contributed by atoms with Crippen molar-refractivity contribution in [2.75, 3.05) is 27.6 Å². The molecule has 0 saturated heterocycles. The topological polar surface area (TPSA) is 57.5 Å². The van der Waals surface area contributed by atoms with E-state index in [4.69, 9.17) is 12.0 Å². The number of aliphatic hydroxyl groups is 1. The third kappa shape index (κ3) is 7.29. The van der Waals surface area contributed by atoms with Crippen molar-refractivity contribution in [3.05, 3.63) is 0 Å². The van der Waals surface area contributed by atoms with Crippen LogP contribution in [0.3, 0.4) is 0 Å². The molecule has 0 amide bonds. The summed E-state index contributed by atoms with van der Waals surface area (Å²) in [5.41, 5.74) is 0. The van der Waals surface area contributed by atoms with Crippen LogP contribution in [0, 0.1) is 0 Å². The zero-order chi connectivity index (χ0) is 13.4. The number of hydrogen-bond acceptors (Lipinski definition) is 2. The van der Waals surface area contributed by atoms with E-state index in [2.05, 4.69) is 5.11 Å². The van der Waals surface area contributed by atoms with Gasteiger partial charge in [-0.3, -0.25) is 4.79 Å². The highest BCUT2D eigenvalue weighted by atomic mass is 16.4. The second-order valence-electron chi connectivity index (χ2n) is 2.97. The van der Waals surface area contributed by atoms with E-state index in [1.54, 1.807) is 0 Å². The van der Waals surface area contributed by atoms with Crippen LogP contribution in [0.15, 0.2) is 0 Å². The van der Waals surface area contributed by atoms with Gasteiger partial charge in [0.05, 0.1) is 30.3 Å².